The zero-order chi connectivity index (χ0) is 23.5. The molecule has 2 aromatic carbocycles. The Morgan fingerprint density at radius 3 is 2.50 bits per heavy atom. The molecular weight excluding hydrogens is 436 g/mol. The zero-order valence-electron chi connectivity index (χ0n) is 18.1. The van der Waals surface area contributed by atoms with Crippen molar-refractivity contribution in [2.24, 2.45) is 0 Å². The van der Waals surface area contributed by atoms with Gasteiger partial charge in [0.25, 0.3) is 5.89 Å². The third kappa shape index (κ3) is 4.63. The second kappa shape index (κ2) is 9.38. The van der Waals surface area contributed by atoms with E-state index < -0.39 is 5.97 Å². The van der Waals surface area contributed by atoms with Crippen molar-refractivity contribution in [2.45, 2.75) is 19.0 Å². The molecule has 4 aromatic rings. The quantitative estimate of drug-likeness (QED) is 0.377. The summed E-state index contributed by atoms with van der Waals surface area (Å²) in [4.78, 5) is 19.8. The normalized spacial score (nSPS) is 15.5. The minimum absolute atomic E-state index is 0.149. The van der Waals surface area contributed by atoms with Gasteiger partial charge in [-0.05, 0) is 36.2 Å². The van der Waals surface area contributed by atoms with Gasteiger partial charge in [0.2, 0.25) is 5.89 Å². The molecular formula is C24H22N6O4. The molecule has 1 fully saturated rings. The van der Waals surface area contributed by atoms with Crippen molar-refractivity contribution < 1.29 is 19.1 Å². The van der Waals surface area contributed by atoms with Gasteiger partial charge in [-0.2, -0.15) is 0 Å². The van der Waals surface area contributed by atoms with Gasteiger partial charge < -0.3 is 25.3 Å². The van der Waals surface area contributed by atoms with Crippen LogP contribution in [0.25, 0.3) is 34.3 Å². The van der Waals surface area contributed by atoms with E-state index in [1.807, 2.05) is 24.3 Å². The Morgan fingerprint density at radius 2 is 1.79 bits per heavy atom. The van der Waals surface area contributed by atoms with Crippen LogP contribution in [-0.4, -0.2) is 50.5 Å². The molecule has 0 radical (unpaired) electrons. The first-order valence-corrected chi connectivity index (χ1v) is 10.8. The molecule has 4 N–H and O–H groups in total. The van der Waals surface area contributed by atoms with Crippen LogP contribution in [0.2, 0.25) is 0 Å². The largest absolute Gasteiger partial charge is 0.478 e. The Balaban J connectivity index is 1.33. The summed E-state index contributed by atoms with van der Waals surface area (Å²) >= 11 is 0. The summed E-state index contributed by atoms with van der Waals surface area (Å²) in [6, 6.07) is 14.6. The molecule has 1 saturated heterocycles. The lowest BCUT2D eigenvalue weighted by Gasteiger charge is -2.10. The van der Waals surface area contributed by atoms with E-state index in [9.17, 15) is 4.79 Å². The van der Waals surface area contributed by atoms with Crippen LogP contribution in [-0.2, 0) is 11.3 Å². The summed E-state index contributed by atoms with van der Waals surface area (Å²) < 4.78 is 11.2. The van der Waals surface area contributed by atoms with Crippen molar-refractivity contribution in [1.82, 2.24) is 25.5 Å². The van der Waals surface area contributed by atoms with E-state index in [0.29, 0.717) is 23.2 Å². The van der Waals surface area contributed by atoms with Gasteiger partial charge in [-0.15, -0.1) is 10.2 Å². The lowest BCUT2D eigenvalue weighted by molar-refractivity contribution is 0.0697. The van der Waals surface area contributed by atoms with Gasteiger partial charge in [0, 0.05) is 30.3 Å². The van der Waals surface area contributed by atoms with Gasteiger partial charge in [0.15, 0.2) is 11.5 Å². The molecule has 0 bridgehead atoms. The van der Waals surface area contributed by atoms with Gasteiger partial charge in [-0.3, -0.25) is 0 Å². The number of ether oxygens (including phenoxy) is 1. The fraction of sp³-hybridized carbons (Fsp3) is 0.208. The van der Waals surface area contributed by atoms with Crippen molar-refractivity contribution in [2.75, 3.05) is 18.9 Å². The van der Waals surface area contributed by atoms with Crippen LogP contribution in [0.15, 0.2) is 59.1 Å². The lowest BCUT2D eigenvalue weighted by atomic mass is 10.1. The number of rotatable bonds is 7. The first-order chi connectivity index (χ1) is 16.6. The number of hydrogen-bond acceptors (Lipinski definition) is 9. The molecule has 172 valence electrons. The van der Waals surface area contributed by atoms with Crippen molar-refractivity contribution in [1.29, 1.82) is 0 Å². The van der Waals surface area contributed by atoms with Gasteiger partial charge in [-0.1, -0.05) is 24.3 Å². The molecule has 0 aliphatic carbocycles. The van der Waals surface area contributed by atoms with Crippen LogP contribution in [0.1, 0.15) is 22.3 Å². The third-order valence-electron chi connectivity index (χ3n) is 5.58. The second-order valence-corrected chi connectivity index (χ2v) is 7.92. The monoisotopic (exact) mass is 458 g/mol. The molecule has 1 aliphatic rings. The predicted molar refractivity (Wildman–Crippen MR) is 124 cm³/mol. The van der Waals surface area contributed by atoms with Crippen LogP contribution < -0.4 is 11.1 Å². The fourth-order valence-electron chi connectivity index (χ4n) is 3.64. The summed E-state index contributed by atoms with van der Waals surface area (Å²) in [6.45, 7) is 2.32. The van der Waals surface area contributed by atoms with E-state index in [4.69, 9.17) is 20.0 Å². The molecule has 0 spiro atoms. The maximum Gasteiger partial charge on any atom is 0.335 e. The highest BCUT2D eigenvalue weighted by Crippen LogP contribution is 2.28. The Hall–Kier alpha value is -4.15. The standard InChI is InChI=1S/C24H22N6O4/c25-21-20(28-19(12-27-21)15-5-7-17(8-6-15)24(31)32)23-30-29-22(34-23)16-3-1-14(2-4-16)11-26-18-9-10-33-13-18/h1-8,12,18,26H,9-11,13H2,(H2,25,27)(H,31,32)/t18-/m0/s1. The Morgan fingerprint density at radius 1 is 1.06 bits per heavy atom. The number of hydrogen-bond donors (Lipinski definition) is 3. The molecule has 0 unspecified atom stereocenters. The van der Waals surface area contributed by atoms with Gasteiger partial charge in [0.05, 0.1) is 24.1 Å². The van der Waals surface area contributed by atoms with E-state index in [-0.39, 0.29) is 23.0 Å². The highest BCUT2D eigenvalue weighted by Gasteiger charge is 2.18. The number of carboxylic acid groups (broad SMARTS) is 1. The number of carbonyl (C=O) groups is 1. The van der Waals surface area contributed by atoms with E-state index in [1.54, 1.807) is 12.1 Å². The summed E-state index contributed by atoms with van der Waals surface area (Å²) in [5.74, 6) is -0.354. The van der Waals surface area contributed by atoms with Crippen molar-refractivity contribution >= 4 is 11.8 Å². The average Bonchev–Trinajstić information content (AvgIpc) is 3.56. The number of anilines is 1. The Labute approximate surface area is 194 Å². The summed E-state index contributed by atoms with van der Waals surface area (Å²) in [7, 11) is 0. The van der Waals surface area contributed by atoms with Gasteiger partial charge in [-0.25, -0.2) is 14.8 Å². The van der Waals surface area contributed by atoms with Gasteiger partial charge in [0.1, 0.15) is 0 Å². The topological polar surface area (TPSA) is 149 Å². The molecule has 3 heterocycles. The average molecular weight is 458 g/mol. The van der Waals surface area contributed by atoms with Crippen LogP contribution in [0.5, 0.6) is 0 Å². The first kappa shape index (κ1) is 21.7. The van der Waals surface area contributed by atoms with Crippen LogP contribution in [0.3, 0.4) is 0 Å². The molecule has 1 atom stereocenters. The lowest BCUT2D eigenvalue weighted by Crippen LogP contribution is -2.28. The summed E-state index contributed by atoms with van der Waals surface area (Å²) in [5, 5.41) is 20.8. The van der Waals surface area contributed by atoms with E-state index in [0.717, 1.165) is 37.3 Å². The number of nitrogens with zero attached hydrogens (tertiary/aromatic N) is 4. The Bertz CT molecular complexity index is 1300. The highest BCUT2D eigenvalue weighted by atomic mass is 16.5. The summed E-state index contributed by atoms with van der Waals surface area (Å²) in [5.41, 5.74) is 9.58. The predicted octanol–water partition coefficient (Wildman–Crippen LogP) is 3.02. The number of carboxylic acids is 1. The molecule has 0 saturated carbocycles. The molecule has 5 rings (SSSR count). The first-order valence-electron chi connectivity index (χ1n) is 10.8. The number of nitrogens with two attached hydrogens (primary N) is 1. The molecule has 1 aliphatic heterocycles. The third-order valence-corrected chi connectivity index (χ3v) is 5.58. The van der Waals surface area contributed by atoms with E-state index in [2.05, 4.69) is 25.5 Å². The number of nitrogens with one attached hydrogen (secondary N) is 1. The van der Waals surface area contributed by atoms with Crippen LogP contribution in [0, 0.1) is 0 Å². The summed E-state index contributed by atoms with van der Waals surface area (Å²) in [6.07, 6.45) is 2.54. The van der Waals surface area contributed by atoms with E-state index >= 15 is 0 Å². The highest BCUT2D eigenvalue weighted by molar-refractivity contribution is 5.88. The van der Waals surface area contributed by atoms with E-state index in [1.165, 1.54) is 18.3 Å². The van der Waals surface area contributed by atoms with Crippen molar-refractivity contribution in [3.8, 4) is 34.3 Å². The van der Waals surface area contributed by atoms with Crippen molar-refractivity contribution in [3.05, 3.63) is 65.9 Å². The molecule has 10 nitrogen and oxygen atoms in total. The number of nitrogen functional groups attached to an aromatic ring is 1. The van der Waals surface area contributed by atoms with Crippen molar-refractivity contribution in [3.63, 3.8) is 0 Å². The maximum atomic E-state index is 11.1. The maximum absolute atomic E-state index is 11.1. The molecule has 2 aromatic heterocycles. The Kier molecular flexibility index (Phi) is 5.98. The SMILES string of the molecule is Nc1ncc(-c2ccc(C(=O)O)cc2)nc1-c1nnc(-c2ccc(CN[C@H]3CCOC3)cc2)o1. The van der Waals surface area contributed by atoms with Crippen LogP contribution >= 0.6 is 0 Å². The number of benzene rings is 2. The second-order valence-electron chi connectivity index (χ2n) is 7.92. The van der Waals surface area contributed by atoms with Gasteiger partial charge >= 0.3 is 5.97 Å². The van der Waals surface area contributed by atoms with Crippen LogP contribution in [0.4, 0.5) is 5.82 Å². The minimum atomic E-state index is -0.998. The fourth-order valence-corrected chi connectivity index (χ4v) is 3.64. The molecule has 10 heteroatoms. The smallest absolute Gasteiger partial charge is 0.335 e. The number of aromatic nitrogens is 4. The molecule has 34 heavy (non-hydrogen) atoms. The minimum Gasteiger partial charge on any atom is -0.478 e. The molecule has 0 amide bonds. The zero-order valence-corrected chi connectivity index (χ0v) is 18.1. The number of aromatic carboxylic acids is 1.